The number of carbonyl (C=O) groups is 3. The van der Waals surface area contributed by atoms with Gasteiger partial charge in [-0.25, -0.2) is 4.68 Å². The first-order valence-corrected chi connectivity index (χ1v) is 9.56. The summed E-state index contributed by atoms with van der Waals surface area (Å²) in [6, 6.07) is 7.73. The highest BCUT2D eigenvalue weighted by molar-refractivity contribution is 6.02. The molecular weight excluding hydrogens is 346 g/mol. The SMILES string of the molecule is O=C1CCC(=O)N1C1CC2CCC(C1)N2C(=O)Cn1nnc2ccccc21. The van der Waals surface area contributed by atoms with E-state index in [9.17, 15) is 14.4 Å². The van der Waals surface area contributed by atoms with E-state index in [1.54, 1.807) is 4.68 Å². The Morgan fingerprint density at radius 3 is 2.37 bits per heavy atom. The third-order valence-corrected chi connectivity index (χ3v) is 6.16. The lowest BCUT2D eigenvalue weighted by Gasteiger charge is -2.41. The van der Waals surface area contributed by atoms with E-state index < -0.39 is 0 Å². The van der Waals surface area contributed by atoms with Gasteiger partial charge in [0.05, 0.1) is 5.52 Å². The van der Waals surface area contributed by atoms with E-state index in [1.165, 1.54) is 4.90 Å². The normalized spacial score (nSPS) is 27.8. The number of nitrogens with zero attached hydrogens (tertiary/aromatic N) is 5. The van der Waals surface area contributed by atoms with Gasteiger partial charge in [-0.05, 0) is 37.8 Å². The van der Waals surface area contributed by atoms with E-state index in [2.05, 4.69) is 10.3 Å². The van der Waals surface area contributed by atoms with E-state index in [-0.39, 0.29) is 42.4 Å². The van der Waals surface area contributed by atoms with Crippen LogP contribution in [0.3, 0.4) is 0 Å². The molecular formula is C19H21N5O3. The lowest BCUT2D eigenvalue weighted by molar-refractivity contribution is -0.144. The second-order valence-electron chi connectivity index (χ2n) is 7.70. The maximum absolute atomic E-state index is 13.0. The van der Waals surface area contributed by atoms with E-state index in [0.717, 1.165) is 23.9 Å². The molecule has 2 aromatic rings. The minimum absolute atomic E-state index is 0.0377. The van der Waals surface area contributed by atoms with Crippen LogP contribution in [0.5, 0.6) is 0 Å². The number of piperidine rings is 1. The minimum Gasteiger partial charge on any atom is -0.335 e. The number of imide groups is 1. The number of hydrogen-bond donors (Lipinski definition) is 0. The zero-order valence-corrected chi connectivity index (χ0v) is 15.0. The summed E-state index contributed by atoms with van der Waals surface area (Å²) in [6.45, 7) is 0.166. The Morgan fingerprint density at radius 2 is 1.67 bits per heavy atom. The highest BCUT2D eigenvalue weighted by Crippen LogP contribution is 2.39. The van der Waals surface area contributed by atoms with Gasteiger partial charge in [-0.3, -0.25) is 19.3 Å². The van der Waals surface area contributed by atoms with Crippen LogP contribution in [-0.4, -0.2) is 60.6 Å². The fourth-order valence-electron chi connectivity index (χ4n) is 5.01. The van der Waals surface area contributed by atoms with Gasteiger partial charge in [-0.2, -0.15) is 0 Å². The third-order valence-electron chi connectivity index (χ3n) is 6.16. The van der Waals surface area contributed by atoms with Gasteiger partial charge in [-0.1, -0.05) is 17.3 Å². The molecule has 3 aliphatic rings. The van der Waals surface area contributed by atoms with Gasteiger partial charge in [0.1, 0.15) is 12.1 Å². The van der Waals surface area contributed by atoms with E-state index in [4.69, 9.17) is 0 Å². The van der Waals surface area contributed by atoms with Gasteiger partial charge in [0.15, 0.2) is 0 Å². The summed E-state index contributed by atoms with van der Waals surface area (Å²) in [5, 5.41) is 8.23. The van der Waals surface area contributed by atoms with Crippen LogP contribution >= 0.6 is 0 Å². The first-order valence-electron chi connectivity index (χ1n) is 9.56. The number of likely N-dealkylation sites (tertiary alicyclic amines) is 1. The van der Waals surface area contributed by atoms with Crippen LogP contribution in [0.15, 0.2) is 24.3 Å². The average molecular weight is 367 g/mol. The summed E-state index contributed by atoms with van der Waals surface area (Å²) >= 11 is 0. The quantitative estimate of drug-likeness (QED) is 0.758. The molecule has 2 unspecified atom stereocenters. The smallest absolute Gasteiger partial charge is 0.244 e. The van der Waals surface area contributed by atoms with Crippen molar-refractivity contribution >= 4 is 28.8 Å². The molecule has 3 aliphatic heterocycles. The maximum atomic E-state index is 13.0. The van der Waals surface area contributed by atoms with Crippen molar-refractivity contribution in [1.29, 1.82) is 0 Å². The van der Waals surface area contributed by atoms with Gasteiger partial charge in [0, 0.05) is 31.0 Å². The minimum atomic E-state index is -0.0572. The van der Waals surface area contributed by atoms with Gasteiger partial charge < -0.3 is 4.90 Å². The van der Waals surface area contributed by atoms with Crippen LogP contribution in [0.25, 0.3) is 11.0 Å². The number of carbonyl (C=O) groups excluding carboxylic acids is 3. The van der Waals surface area contributed by atoms with Crippen molar-refractivity contribution < 1.29 is 14.4 Å². The van der Waals surface area contributed by atoms with Crippen molar-refractivity contribution in [2.24, 2.45) is 0 Å². The summed E-state index contributed by atoms with van der Waals surface area (Å²) in [4.78, 5) is 40.6. The number of amides is 3. The van der Waals surface area contributed by atoms with Crippen molar-refractivity contribution in [3.05, 3.63) is 24.3 Å². The Morgan fingerprint density at radius 1 is 1.00 bits per heavy atom. The molecule has 4 heterocycles. The Balaban J connectivity index is 1.33. The molecule has 2 bridgehead atoms. The highest BCUT2D eigenvalue weighted by Gasteiger charge is 2.47. The zero-order valence-electron chi connectivity index (χ0n) is 15.0. The molecule has 3 fully saturated rings. The molecule has 140 valence electrons. The molecule has 0 N–H and O–H groups in total. The molecule has 0 spiro atoms. The van der Waals surface area contributed by atoms with Crippen LogP contribution in [-0.2, 0) is 20.9 Å². The Labute approximate surface area is 156 Å². The molecule has 8 heteroatoms. The third kappa shape index (κ3) is 2.62. The van der Waals surface area contributed by atoms with Gasteiger partial charge in [0.25, 0.3) is 0 Å². The number of para-hydroxylation sites is 1. The standard InChI is InChI=1S/C19H21N5O3/c25-17-7-8-18(26)24(17)14-9-12-5-6-13(10-14)23(12)19(27)11-22-16-4-2-1-3-15(16)20-21-22/h1-4,12-14H,5-11H2. The molecule has 0 radical (unpaired) electrons. The summed E-state index contributed by atoms with van der Waals surface area (Å²) in [5.41, 5.74) is 1.62. The number of aromatic nitrogens is 3. The first-order chi connectivity index (χ1) is 13.1. The molecule has 5 rings (SSSR count). The molecule has 2 atom stereocenters. The summed E-state index contributed by atoms with van der Waals surface area (Å²) in [7, 11) is 0. The second kappa shape index (κ2) is 6.14. The number of rotatable bonds is 3. The molecule has 1 aromatic heterocycles. The van der Waals surface area contributed by atoms with Gasteiger partial charge >= 0.3 is 0 Å². The van der Waals surface area contributed by atoms with Crippen LogP contribution in [0.4, 0.5) is 0 Å². The largest absolute Gasteiger partial charge is 0.335 e. The van der Waals surface area contributed by atoms with Crippen molar-refractivity contribution in [3.63, 3.8) is 0 Å². The molecule has 1 aromatic carbocycles. The van der Waals surface area contributed by atoms with Gasteiger partial charge in [0.2, 0.25) is 17.7 Å². The topological polar surface area (TPSA) is 88.4 Å². The van der Waals surface area contributed by atoms with Crippen molar-refractivity contribution in [1.82, 2.24) is 24.8 Å². The fraction of sp³-hybridized carbons (Fsp3) is 0.526. The van der Waals surface area contributed by atoms with Crippen molar-refractivity contribution in [3.8, 4) is 0 Å². The van der Waals surface area contributed by atoms with Crippen molar-refractivity contribution in [2.45, 2.75) is 63.2 Å². The molecule has 8 nitrogen and oxygen atoms in total. The monoisotopic (exact) mass is 367 g/mol. The van der Waals surface area contributed by atoms with Crippen LogP contribution in [0.1, 0.15) is 38.5 Å². The molecule has 27 heavy (non-hydrogen) atoms. The van der Waals surface area contributed by atoms with Crippen LogP contribution in [0, 0.1) is 0 Å². The average Bonchev–Trinajstić information content (AvgIpc) is 3.30. The zero-order chi connectivity index (χ0) is 18.5. The van der Waals surface area contributed by atoms with E-state index >= 15 is 0 Å². The molecule has 3 amide bonds. The summed E-state index contributed by atoms with van der Waals surface area (Å²) in [6.07, 6.45) is 3.90. The van der Waals surface area contributed by atoms with Gasteiger partial charge in [-0.15, -0.1) is 5.10 Å². The fourth-order valence-corrected chi connectivity index (χ4v) is 5.01. The molecule has 0 aliphatic carbocycles. The number of benzene rings is 1. The molecule has 0 saturated carbocycles. The number of fused-ring (bicyclic) bond motifs is 3. The maximum Gasteiger partial charge on any atom is 0.244 e. The van der Waals surface area contributed by atoms with Crippen LogP contribution in [0.2, 0.25) is 0 Å². The second-order valence-corrected chi connectivity index (χ2v) is 7.70. The predicted octanol–water partition coefficient (Wildman–Crippen LogP) is 1.10. The van der Waals surface area contributed by atoms with E-state index in [1.807, 2.05) is 29.2 Å². The Hall–Kier alpha value is -2.77. The van der Waals surface area contributed by atoms with Crippen LogP contribution < -0.4 is 0 Å². The highest BCUT2D eigenvalue weighted by atomic mass is 16.2. The molecule has 3 saturated heterocycles. The first kappa shape index (κ1) is 16.4. The number of hydrogen-bond acceptors (Lipinski definition) is 5. The van der Waals surface area contributed by atoms with Crippen molar-refractivity contribution in [2.75, 3.05) is 0 Å². The summed E-state index contributed by atoms with van der Waals surface area (Å²) < 4.78 is 1.65. The lowest BCUT2D eigenvalue weighted by atomic mass is 9.96. The Kier molecular flexibility index (Phi) is 3.73. The summed E-state index contributed by atoms with van der Waals surface area (Å²) in [5.74, 6) is -0.0767. The Bertz CT molecular complexity index is 908. The predicted molar refractivity (Wildman–Crippen MR) is 95.3 cm³/mol. The van der Waals surface area contributed by atoms with E-state index in [0.29, 0.717) is 25.7 Å². The lowest BCUT2D eigenvalue weighted by Crippen LogP contribution is -2.54.